The molecule has 0 saturated carbocycles. The summed E-state index contributed by atoms with van der Waals surface area (Å²) in [5, 5.41) is 7.24. The van der Waals surface area contributed by atoms with Crippen LogP contribution in [0.2, 0.25) is 5.02 Å². The number of rotatable bonds is 6. The Morgan fingerprint density at radius 3 is 3.00 bits per heavy atom. The minimum atomic E-state index is -0.0388. The molecule has 7 heteroatoms. The van der Waals surface area contributed by atoms with Crippen LogP contribution in [-0.4, -0.2) is 21.8 Å². The van der Waals surface area contributed by atoms with Gasteiger partial charge in [-0.3, -0.25) is 4.79 Å². The third kappa shape index (κ3) is 5.06. The van der Waals surface area contributed by atoms with E-state index in [-0.39, 0.29) is 11.2 Å². The lowest BCUT2D eigenvalue weighted by Gasteiger charge is -2.08. The first-order chi connectivity index (χ1) is 10.0. The summed E-state index contributed by atoms with van der Waals surface area (Å²) in [7, 11) is 0. The molecular formula is C14H16ClN3O2S. The second kappa shape index (κ2) is 7.47. The van der Waals surface area contributed by atoms with E-state index in [1.54, 1.807) is 13.0 Å². The summed E-state index contributed by atoms with van der Waals surface area (Å²) in [6.45, 7) is 4.16. The molecule has 1 aromatic carbocycles. The van der Waals surface area contributed by atoms with Crippen LogP contribution in [0.1, 0.15) is 29.5 Å². The van der Waals surface area contributed by atoms with Crippen molar-refractivity contribution in [1.29, 1.82) is 0 Å². The molecule has 5 nitrogen and oxygen atoms in total. The molecule has 0 aliphatic rings. The molecule has 1 unspecified atom stereocenters. The largest absolute Gasteiger partial charge is 0.351 e. The maximum Gasteiger partial charge on any atom is 0.239 e. The molecule has 1 N–H and O–H groups in total. The SMILES string of the molecule is Cc1noc(C(C)SCC(=O)NCc2cccc(Cl)c2)n1. The van der Waals surface area contributed by atoms with Gasteiger partial charge in [0.2, 0.25) is 11.8 Å². The molecule has 1 heterocycles. The van der Waals surface area contributed by atoms with Crippen LogP contribution in [-0.2, 0) is 11.3 Å². The van der Waals surface area contributed by atoms with Crippen molar-refractivity contribution in [2.45, 2.75) is 25.6 Å². The fourth-order valence-electron chi connectivity index (χ4n) is 1.65. The van der Waals surface area contributed by atoms with E-state index >= 15 is 0 Å². The molecule has 0 spiro atoms. The third-order valence-corrected chi connectivity index (χ3v) is 4.10. The number of aromatic nitrogens is 2. The van der Waals surface area contributed by atoms with Gasteiger partial charge in [0.25, 0.3) is 0 Å². The molecule has 1 aromatic heterocycles. The predicted molar refractivity (Wildman–Crippen MR) is 83.2 cm³/mol. The van der Waals surface area contributed by atoms with E-state index in [1.165, 1.54) is 11.8 Å². The molecule has 0 radical (unpaired) electrons. The summed E-state index contributed by atoms with van der Waals surface area (Å²) >= 11 is 7.35. The number of amides is 1. The highest BCUT2D eigenvalue weighted by Gasteiger charge is 2.15. The first kappa shape index (κ1) is 15.9. The Kier molecular flexibility index (Phi) is 5.64. The standard InChI is InChI=1S/C14H16ClN3O2S/c1-9(14-17-10(2)18-20-14)21-8-13(19)16-7-11-4-3-5-12(15)6-11/h3-6,9H,7-8H2,1-2H3,(H,16,19). The van der Waals surface area contributed by atoms with Gasteiger partial charge in [0, 0.05) is 11.6 Å². The molecule has 0 aliphatic heterocycles. The Morgan fingerprint density at radius 2 is 2.33 bits per heavy atom. The van der Waals surface area contributed by atoms with E-state index in [9.17, 15) is 4.79 Å². The molecule has 1 atom stereocenters. The highest BCUT2D eigenvalue weighted by molar-refractivity contribution is 8.00. The van der Waals surface area contributed by atoms with Crippen LogP contribution in [0.3, 0.4) is 0 Å². The van der Waals surface area contributed by atoms with Crippen LogP contribution in [0.4, 0.5) is 0 Å². The van der Waals surface area contributed by atoms with Crippen molar-refractivity contribution < 1.29 is 9.32 Å². The molecule has 0 fully saturated rings. The lowest BCUT2D eigenvalue weighted by Crippen LogP contribution is -2.24. The summed E-state index contributed by atoms with van der Waals surface area (Å²) in [5.41, 5.74) is 0.974. The molecule has 21 heavy (non-hydrogen) atoms. The molecule has 0 aliphatic carbocycles. The van der Waals surface area contributed by atoms with Crippen LogP contribution >= 0.6 is 23.4 Å². The Labute approximate surface area is 132 Å². The van der Waals surface area contributed by atoms with Gasteiger partial charge in [0.15, 0.2) is 5.82 Å². The minimum Gasteiger partial charge on any atom is -0.351 e. The quantitative estimate of drug-likeness (QED) is 0.883. The smallest absolute Gasteiger partial charge is 0.239 e. The second-order valence-electron chi connectivity index (χ2n) is 4.54. The number of thioether (sulfide) groups is 1. The minimum absolute atomic E-state index is 0.0110. The predicted octanol–water partition coefficient (Wildman–Crippen LogP) is 3.14. The Hall–Kier alpha value is -1.53. The first-order valence-electron chi connectivity index (χ1n) is 6.47. The fraction of sp³-hybridized carbons (Fsp3) is 0.357. The molecule has 1 amide bonds. The van der Waals surface area contributed by atoms with Crippen molar-refractivity contribution in [2.75, 3.05) is 5.75 Å². The molecule has 0 bridgehead atoms. The van der Waals surface area contributed by atoms with Gasteiger partial charge < -0.3 is 9.84 Å². The van der Waals surface area contributed by atoms with Crippen molar-refractivity contribution in [2.24, 2.45) is 0 Å². The molecule has 112 valence electrons. The number of halogens is 1. The monoisotopic (exact) mass is 325 g/mol. The zero-order chi connectivity index (χ0) is 15.2. The van der Waals surface area contributed by atoms with Gasteiger partial charge in [-0.1, -0.05) is 28.9 Å². The highest BCUT2D eigenvalue weighted by atomic mass is 35.5. The Bertz CT molecular complexity index is 618. The first-order valence-corrected chi connectivity index (χ1v) is 7.90. The van der Waals surface area contributed by atoms with Crippen molar-refractivity contribution in [3.05, 3.63) is 46.6 Å². The van der Waals surface area contributed by atoms with Crippen LogP contribution in [0, 0.1) is 6.92 Å². The van der Waals surface area contributed by atoms with Gasteiger partial charge in [0.1, 0.15) is 0 Å². The molecule has 2 aromatic rings. The average molecular weight is 326 g/mol. The number of aryl methyl sites for hydroxylation is 1. The summed E-state index contributed by atoms with van der Waals surface area (Å²) in [6.07, 6.45) is 0. The fourth-order valence-corrected chi connectivity index (χ4v) is 2.60. The van der Waals surface area contributed by atoms with Gasteiger partial charge in [-0.15, -0.1) is 11.8 Å². The number of nitrogens with zero attached hydrogens (tertiary/aromatic N) is 2. The molecule has 0 saturated heterocycles. The van der Waals surface area contributed by atoms with Gasteiger partial charge >= 0.3 is 0 Å². The van der Waals surface area contributed by atoms with Gasteiger partial charge in [0.05, 0.1) is 11.0 Å². The number of nitrogens with one attached hydrogen (secondary N) is 1. The van der Waals surface area contributed by atoms with E-state index in [2.05, 4.69) is 15.5 Å². The lowest BCUT2D eigenvalue weighted by molar-refractivity contribution is -0.118. The average Bonchev–Trinajstić information content (AvgIpc) is 2.89. The number of hydrogen-bond acceptors (Lipinski definition) is 5. The van der Waals surface area contributed by atoms with Crippen molar-refractivity contribution in [1.82, 2.24) is 15.5 Å². The van der Waals surface area contributed by atoms with Crippen molar-refractivity contribution in [3.63, 3.8) is 0 Å². The third-order valence-electron chi connectivity index (χ3n) is 2.73. The normalized spacial score (nSPS) is 12.1. The number of carbonyl (C=O) groups is 1. The van der Waals surface area contributed by atoms with Gasteiger partial charge in [-0.2, -0.15) is 4.98 Å². The van der Waals surface area contributed by atoms with E-state index in [1.807, 2.05) is 25.1 Å². The molecular weight excluding hydrogens is 310 g/mol. The van der Waals surface area contributed by atoms with Crippen LogP contribution in [0.5, 0.6) is 0 Å². The van der Waals surface area contributed by atoms with Crippen molar-refractivity contribution >= 4 is 29.3 Å². The highest BCUT2D eigenvalue weighted by Crippen LogP contribution is 2.26. The zero-order valence-electron chi connectivity index (χ0n) is 11.8. The van der Waals surface area contributed by atoms with Crippen LogP contribution in [0.15, 0.2) is 28.8 Å². The number of carbonyl (C=O) groups excluding carboxylic acids is 1. The molecule has 2 rings (SSSR count). The maximum atomic E-state index is 11.8. The van der Waals surface area contributed by atoms with E-state index in [4.69, 9.17) is 16.1 Å². The maximum absolute atomic E-state index is 11.8. The number of benzene rings is 1. The second-order valence-corrected chi connectivity index (χ2v) is 6.31. The number of hydrogen-bond donors (Lipinski definition) is 1. The summed E-state index contributed by atoms with van der Waals surface area (Å²) in [4.78, 5) is 16.0. The topological polar surface area (TPSA) is 68.0 Å². The van der Waals surface area contributed by atoms with Gasteiger partial charge in [-0.25, -0.2) is 0 Å². The lowest BCUT2D eigenvalue weighted by atomic mass is 10.2. The van der Waals surface area contributed by atoms with Crippen LogP contribution in [0.25, 0.3) is 0 Å². The van der Waals surface area contributed by atoms with Crippen molar-refractivity contribution in [3.8, 4) is 0 Å². The summed E-state index contributed by atoms with van der Waals surface area (Å²) < 4.78 is 5.07. The summed E-state index contributed by atoms with van der Waals surface area (Å²) in [5.74, 6) is 1.44. The Balaban J connectivity index is 1.75. The van der Waals surface area contributed by atoms with E-state index < -0.39 is 0 Å². The Morgan fingerprint density at radius 1 is 1.52 bits per heavy atom. The van der Waals surface area contributed by atoms with Crippen LogP contribution < -0.4 is 5.32 Å². The van der Waals surface area contributed by atoms with Gasteiger partial charge in [-0.05, 0) is 31.5 Å². The summed E-state index contributed by atoms with van der Waals surface area (Å²) in [6, 6.07) is 7.41. The van der Waals surface area contributed by atoms with E-state index in [0.29, 0.717) is 29.0 Å². The zero-order valence-corrected chi connectivity index (χ0v) is 13.4. The van der Waals surface area contributed by atoms with E-state index in [0.717, 1.165) is 5.56 Å².